The number of benzene rings is 1. The van der Waals surface area contributed by atoms with Gasteiger partial charge in [0.1, 0.15) is 17.2 Å². The second-order valence-corrected chi connectivity index (χ2v) is 7.66. The second kappa shape index (κ2) is 9.86. The number of anilines is 2. The fourth-order valence-electron chi connectivity index (χ4n) is 2.89. The summed E-state index contributed by atoms with van der Waals surface area (Å²) in [4.78, 5) is 21.2. The molecule has 0 unspecified atom stereocenters. The minimum Gasteiger partial charge on any atom is -0.619 e. The van der Waals surface area contributed by atoms with Crippen molar-refractivity contribution in [1.82, 2.24) is 15.3 Å². The van der Waals surface area contributed by atoms with Gasteiger partial charge in [-0.25, -0.2) is 14.4 Å². The number of rotatable bonds is 7. The van der Waals surface area contributed by atoms with Crippen molar-refractivity contribution < 1.29 is 24.1 Å². The second-order valence-electron chi connectivity index (χ2n) is 7.22. The van der Waals surface area contributed by atoms with Gasteiger partial charge in [0.15, 0.2) is 24.5 Å². The Hall–Kier alpha value is -3.34. The fourth-order valence-corrected chi connectivity index (χ4v) is 3.06. The number of pyridine rings is 1. The Bertz CT molecular complexity index is 1140. The molecule has 0 saturated heterocycles. The summed E-state index contributed by atoms with van der Waals surface area (Å²) in [5, 5.41) is 35.4. The monoisotopic (exact) mass is 461 g/mol. The Morgan fingerprint density at radius 1 is 1.31 bits per heavy atom. The van der Waals surface area contributed by atoms with E-state index in [1.54, 1.807) is 6.20 Å². The molecule has 2 heterocycles. The first kappa shape index (κ1) is 23.3. The molecule has 0 aliphatic heterocycles. The van der Waals surface area contributed by atoms with Crippen molar-refractivity contribution in [3.63, 3.8) is 0 Å². The van der Waals surface area contributed by atoms with Crippen LogP contribution < -0.4 is 15.4 Å². The molecule has 11 heteroatoms. The van der Waals surface area contributed by atoms with Gasteiger partial charge < -0.3 is 26.1 Å². The molecule has 0 fully saturated rings. The van der Waals surface area contributed by atoms with E-state index in [1.165, 1.54) is 30.5 Å². The lowest BCUT2D eigenvalue weighted by Crippen LogP contribution is -2.35. The van der Waals surface area contributed by atoms with Crippen LogP contribution in [0.1, 0.15) is 35.7 Å². The van der Waals surface area contributed by atoms with Crippen LogP contribution in [0.2, 0.25) is 5.02 Å². The summed E-state index contributed by atoms with van der Waals surface area (Å²) in [6.07, 6.45) is 2.03. The first-order chi connectivity index (χ1) is 15.2. The molecule has 1 aromatic carbocycles. The Morgan fingerprint density at radius 3 is 2.75 bits per heavy atom. The van der Waals surface area contributed by atoms with Gasteiger partial charge in [0.25, 0.3) is 5.91 Å². The predicted molar refractivity (Wildman–Crippen MR) is 116 cm³/mol. The third-order valence-electron chi connectivity index (χ3n) is 4.49. The maximum Gasteiger partial charge on any atom is 0.259 e. The van der Waals surface area contributed by atoms with Crippen molar-refractivity contribution in [1.29, 1.82) is 0 Å². The predicted octanol–water partition coefficient (Wildman–Crippen LogP) is 2.48. The minimum atomic E-state index is -1.75. The van der Waals surface area contributed by atoms with Crippen LogP contribution in [0.15, 0.2) is 42.9 Å². The average Bonchev–Trinajstić information content (AvgIpc) is 2.74. The third kappa shape index (κ3) is 5.47. The number of aliphatic hydroxyl groups excluding tert-OH is 1. The SMILES string of the molecule is CC(C)c1cnc(-c2cc(Cl)ccc2F)nc1Nc1cc[n+]([O-])cc1C(=O)NCC(O)O. The number of aliphatic hydroxyl groups is 2. The van der Waals surface area contributed by atoms with Gasteiger partial charge in [-0.2, -0.15) is 4.73 Å². The van der Waals surface area contributed by atoms with Gasteiger partial charge in [-0.15, -0.1) is 0 Å². The Balaban J connectivity index is 2.04. The summed E-state index contributed by atoms with van der Waals surface area (Å²) in [5.74, 6) is -0.879. The molecule has 9 nitrogen and oxygen atoms in total. The molecule has 3 aromatic rings. The molecule has 1 amide bonds. The summed E-state index contributed by atoms with van der Waals surface area (Å²) in [6, 6.07) is 5.42. The fraction of sp³-hybridized carbons (Fsp3) is 0.238. The Morgan fingerprint density at radius 2 is 2.06 bits per heavy atom. The zero-order chi connectivity index (χ0) is 23.4. The van der Waals surface area contributed by atoms with Gasteiger partial charge >= 0.3 is 0 Å². The maximum atomic E-state index is 14.3. The van der Waals surface area contributed by atoms with Gasteiger partial charge in [0, 0.05) is 22.8 Å². The van der Waals surface area contributed by atoms with Crippen LogP contribution in [0.25, 0.3) is 11.4 Å². The largest absolute Gasteiger partial charge is 0.619 e. The summed E-state index contributed by atoms with van der Waals surface area (Å²) in [7, 11) is 0. The molecule has 0 aliphatic rings. The van der Waals surface area contributed by atoms with Crippen LogP contribution >= 0.6 is 11.6 Å². The van der Waals surface area contributed by atoms with Crippen LogP contribution in [0, 0.1) is 11.0 Å². The molecule has 2 aromatic heterocycles. The molecule has 0 spiro atoms. The van der Waals surface area contributed by atoms with E-state index in [-0.39, 0.29) is 28.6 Å². The van der Waals surface area contributed by atoms with Crippen molar-refractivity contribution in [2.75, 3.05) is 11.9 Å². The van der Waals surface area contributed by atoms with E-state index < -0.39 is 24.6 Å². The molecule has 0 bridgehead atoms. The van der Waals surface area contributed by atoms with Crippen LogP contribution in [-0.4, -0.2) is 38.9 Å². The van der Waals surface area contributed by atoms with E-state index in [9.17, 15) is 14.4 Å². The number of nitrogens with one attached hydrogen (secondary N) is 2. The molecule has 0 radical (unpaired) electrons. The molecule has 32 heavy (non-hydrogen) atoms. The lowest BCUT2D eigenvalue weighted by molar-refractivity contribution is -0.605. The van der Waals surface area contributed by atoms with E-state index in [4.69, 9.17) is 21.8 Å². The molecule has 3 rings (SSSR count). The minimum absolute atomic E-state index is 0.0225. The smallest absolute Gasteiger partial charge is 0.259 e. The van der Waals surface area contributed by atoms with E-state index in [0.29, 0.717) is 21.1 Å². The highest BCUT2D eigenvalue weighted by molar-refractivity contribution is 6.30. The average molecular weight is 462 g/mol. The molecular formula is C21H21ClFN5O4. The number of carbonyl (C=O) groups is 1. The van der Waals surface area contributed by atoms with Gasteiger partial charge in [0.2, 0.25) is 0 Å². The number of amides is 1. The first-order valence-electron chi connectivity index (χ1n) is 9.62. The van der Waals surface area contributed by atoms with Gasteiger partial charge in [-0.1, -0.05) is 25.4 Å². The Labute approximate surface area is 188 Å². The van der Waals surface area contributed by atoms with Gasteiger partial charge in [-0.05, 0) is 24.1 Å². The maximum absolute atomic E-state index is 14.3. The van der Waals surface area contributed by atoms with E-state index in [0.717, 1.165) is 6.20 Å². The van der Waals surface area contributed by atoms with Gasteiger partial charge in [-0.3, -0.25) is 4.79 Å². The third-order valence-corrected chi connectivity index (χ3v) is 4.72. The zero-order valence-corrected chi connectivity index (χ0v) is 18.0. The lowest BCUT2D eigenvalue weighted by atomic mass is 10.1. The lowest BCUT2D eigenvalue weighted by Gasteiger charge is -2.16. The molecule has 4 N–H and O–H groups in total. The standard InChI is InChI=1S/C21H21ClFN5O4/c1-11(2)14-8-24-19(13-7-12(22)3-4-16(13)23)27-20(14)26-17-5-6-28(32)10-15(17)21(31)25-9-18(29)30/h3-8,10-11,18,29-30H,9H2,1-2H3,(H,25,31)(H,24,26,27). The van der Waals surface area contributed by atoms with Crippen LogP contribution in [0.5, 0.6) is 0 Å². The molecule has 0 atom stereocenters. The highest BCUT2D eigenvalue weighted by Gasteiger charge is 2.20. The Kier molecular flexibility index (Phi) is 7.18. The van der Waals surface area contributed by atoms with E-state index in [2.05, 4.69) is 20.6 Å². The first-order valence-corrected chi connectivity index (χ1v) is 10.00. The summed E-state index contributed by atoms with van der Waals surface area (Å²) >= 11 is 5.99. The highest BCUT2D eigenvalue weighted by Crippen LogP contribution is 2.30. The number of hydrogen-bond acceptors (Lipinski definition) is 7. The molecule has 0 saturated carbocycles. The summed E-state index contributed by atoms with van der Waals surface area (Å²) in [6.45, 7) is 3.40. The highest BCUT2D eigenvalue weighted by atomic mass is 35.5. The van der Waals surface area contributed by atoms with Crippen molar-refractivity contribution >= 4 is 29.0 Å². The topological polar surface area (TPSA) is 134 Å². The number of halogens is 2. The number of carbonyl (C=O) groups excluding carboxylic acids is 1. The van der Waals surface area contributed by atoms with Crippen LogP contribution in [0.3, 0.4) is 0 Å². The molecule has 0 aliphatic carbocycles. The number of nitrogens with zero attached hydrogens (tertiary/aromatic N) is 3. The van der Waals surface area contributed by atoms with Crippen LogP contribution in [-0.2, 0) is 0 Å². The zero-order valence-electron chi connectivity index (χ0n) is 17.2. The van der Waals surface area contributed by atoms with Crippen molar-refractivity contribution in [2.24, 2.45) is 0 Å². The van der Waals surface area contributed by atoms with E-state index in [1.807, 2.05) is 13.8 Å². The van der Waals surface area contributed by atoms with Crippen molar-refractivity contribution in [2.45, 2.75) is 26.1 Å². The number of hydrogen-bond donors (Lipinski definition) is 4. The van der Waals surface area contributed by atoms with Crippen molar-refractivity contribution in [3.8, 4) is 11.4 Å². The molecular weight excluding hydrogens is 441 g/mol. The quantitative estimate of drug-likeness (QED) is 0.241. The molecule has 168 valence electrons. The van der Waals surface area contributed by atoms with Crippen molar-refractivity contribution in [3.05, 3.63) is 70.0 Å². The summed E-state index contributed by atoms with van der Waals surface area (Å²) < 4.78 is 14.8. The summed E-state index contributed by atoms with van der Waals surface area (Å²) in [5.41, 5.74) is 0.982. The van der Waals surface area contributed by atoms with Crippen LogP contribution in [0.4, 0.5) is 15.9 Å². The van der Waals surface area contributed by atoms with E-state index >= 15 is 0 Å². The van der Waals surface area contributed by atoms with Gasteiger partial charge in [0.05, 0.1) is 17.8 Å². The normalized spacial score (nSPS) is 11.1. The number of aromatic nitrogens is 3.